The first-order chi connectivity index (χ1) is 15.1. The zero-order chi connectivity index (χ0) is 21.4. The van der Waals surface area contributed by atoms with Crippen LogP contribution >= 0.6 is 22.9 Å². The lowest BCUT2D eigenvalue weighted by molar-refractivity contribution is 0.0744. The second kappa shape index (κ2) is 8.17. The SMILES string of the molecule is O=C(c1cnc2scc(-c3ccccc3)n2c1=O)N1CCN(c2cccc(Cl)c2)CC1. The summed E-state index contributed by atoms with van der Waals surface area (Å²) in [7, 11) is 0. The molecule has 3 heterocycles. The molecule has 2 aromatic heterocycles. The fourth-order valence-corrected chi connectivity index (χ4v) is 4.90. The van der Waals surface area contributed by atoms with E-state index in [0.717, 1.165) is 16.9 Å². The number of anilines is 1. The molecule has 6 nitrogen and oxygen atoms in total. The summed E-state index contributed by atoms with van der Waals surface area (Å²) in [5, 5.41) is 2.59. The summed E-state index contributed by atoms with van der Waals surface area (Å²) in [6, 6.07) is 17.3. The fourth-order valence-electron chi connectivity index (χ4n) is 3.86. The number of thiazole rings is 1. The first-order valence-corrected chi connectivity index (χ1v) is 11.2. The molecule has 1 saturated heterocycles. The molecule has 0 atom stereocenters. The highest BCUT2D eigenvalue weighted by molar-refractivity contribution is 7.15. The van der Waals surface area contributed by atoms with E-state index in [4.69, 9.17) is 11.6 Å². The highest BCUT2D eigenvalue weighted by atomic mass is 35.5. The molecule has 0 spiro atoms. The third kappa shape index (κ3) is 3.71. The number of hydrogen-bond acceptors (Lipinski definition) is 5. The molecule has 0 radical (unpaired) electrons. The molecule has 8 heteroatoms. The van der Waals surface area contributed by atoms with E-state index in [-0.39, 0.29) is 17.0 Å². The van der Waals surface area contributed by atoms with Crippen LogP contribution in [0, 0.1) is 0 Å². The van der Waals surface area contributed by atoms with Gasteiger partial charge in [0.1, 0.15) is 5.56 Å². The van der Waals surface area contributed by atoms with Crippen LogP contribution in [0.4, 0.5) is 5.69 Å². The van der Waals surface area contributed by atoms with Crippen LogP contribution in [0.5, 0.6) is 0 Å². The van der Waals surface area contributed by atoms with Crippen LogP contribution in [0.1, 0.15) is 10.4 Å². The van der Waals surface area contributed by atoms with Crippen molar-refractivity contribution in [2.75, 3.05) is 31.1 Å². The molecule has 1 amide bonds. The first kappa shape index (κ1) is 19.8. The van der Waals surface area contributed by atoms with E-state index in [1.54, 1.807) is 4.90 Å². The zero-order valence-electron chi connectivity index (χ0n) is 16.6. The summed E-state index contributed by atoms with van der Waals surface area (Å²) in [4.78, 5) is 35.3. The van der Waals surface area contributed by atoms with Gasteiger partial charge in [0, 0.05) is 48.5 Å². The van der Waals surface area contributed by atoms with Crippen molar-refractivity contribution in [1.82, 2.24) is 14.3 Å². The Kier molecular flexibility index (Phi) is 5.21. The van der Waals surface area contributed by atoms with E-state index in [2.05, 4.69) is 9.88 Å². The number of amides is 1. The van der Waals surface area contributed by atoms with Crippen LogP contribution in [0.15, 0.2) is 71.0 Å². The molecule has 1 fully saturated rings. The minimum atomic E-state index is -0.327. The molecule has 2 aromatic carbocycles. The van der Waals surface area contributed by atoms with Crippen molar-refractivity contribution in [3.8, 4) is 11.3 Å². The molecule has 0 aliphatic carbocycles. The molecule has 5 rings (SSSR count). The number of benzene rings is 2. The van der Waals surface area contributed by atoms with Crippen molar-refractivity contribution in [2.24, 2.45) is 0 Å². The molecule has 0 bridgehead atoms. The maximum Gasteiger partial charge on any atom is 0.271 e. The largest absolute Gasteiger partial charge is 0.368 e. The number of nitrogens with zero attached hydrogens (tertiary/aromatic N) is 4. The van der Waals surface area contributed by atoms with Crippen LogP contribution in [0.25, 0.3) is 16.2 Å². The van der Waals surface area contributed by atoms with Crippen LogP contribution in [-0.2, 0) is 0 Å². The molecule has 156 valence electrons. The lowest BCUT2D eigenvalue weighted by Crippen LogP contribution is -2.49. The van der Waals surface area contributed by atoms with Gasteiger partial charge in [-0.2, -0.15) is 0 Å². The Morgan fingerprint density at radius 2 is 1.77 bits per heavy atom. The molecule has 0 saturated carbocycles. The van der Waals surface area contributed by atoms with Crippen molar-refractivity contribution in [2.45, 2.75) is 0 Å². The second-order valence-corrected chi connectivity index (χ2v) is 8.61. The monoisotopic (exact) mass is 450 g/mol. The average molecular weight is 451 g/mol. The molecule has 1 aliphatic rings. The summed E-state index contributed by atoms with van der Waals surface area (Å²) in [6.45, 7) is 2.42. The Hall–Kier alpha value is -3.16. The quantitative estimate of drug-likeness (QED) is 0.472. The van der Waals surface area contributed by atoms with Crippen molar-refractivity contribution >= 4 is 39.5 Å². The minimum Gasteiger partial charge on any atom is -0.368 e. The highest BCUT2D eigenvalue weighted by Gasteiger charge is 2.25. The van der Waals surface area contributed by atoms with Crippen LogP contribution < -0.4 is 10.5 Å². The summed E-state index contributed by atoms with van der Waals surface area (Å²) in [6.07, 6.45) is 1.41. The van der Waals surface area contributed by atoms with Gasteiger partial charge in [-0.1, -0.05) is 48.0 Å². The third-order valence-corrected chi connectivity index (χ3v) is 6.56. The van der Waals surface area contributed by atoms with E-state index in [1.807, 2.05) is 60.0 Å². The zero-order valence-corrected chi connectivity index (χ0v) is 18.1. The van der Waals surface area contributed by atoms with Gasteiger partial charge < -0.3 is 9.80 Å². The molecule has 0 unspecified atom stereocenters. The molecule has 31 heavy (non-hydrogen) atoms. The molecule has 0 N–H and O–H groups in total. The number of piperazine rings is 1. The van der Waals surface area contributed by atoms with Gasteiger partial charge in [-0.05, 0) is 23.8 Å². The summed E-state index contributed by atoms with van der Waals surface area (Å²) in [5.74, 6) is -0.275. The van der Waals surface area contributed by atoms with Gasteiger partial charge in [0.25, 0.3) is 11.5 Å². The van der Waals surface area contributed by atoms with E-state index in [1.165, 1.54) is 21.9 Å². The maximum atomic E-state index is 13.2. The first-order valence-electron chi connectivity index (χ1n) is 9.96. The van der Waals surface area contributed by atoms with Gasteiger partial charge in [0.2, 0.25) is 0 Å². The Bertz CT molecular complexity index is 1310. The van der Waals surface area contributed by atoms with E-state index in [0.29, 0.717) is 36.2 Å². The topological polar surface area (TPSA) is 57.9 Å². The summed E-state index contributed by atoms with van der Waals surface area (Å²) >= 11 is 7.49. The number of hydrogen-bond donors (Lipinski definition) is 0. The van der Waals surface area contributed by atoms with Crippen molar-refractivity contribution in [1.29, 1.82) is 0 Å². The number of rotatable bonds is 3. The molecule has 4 aromatic rings. The number of carbonyl (C=O) groups is 1. The van der Waals surface area contributed by atoms with Crippen molar-refractivity contribution in [3.63, 3.8) is 0 Å². The lowest BCUT2D eigenvalue weighted by atomic mass is 10.2. The number of aromatic nitrogens is 2. The van der Waals surface area contributed by atoms with Gasteiger partial charge in [-0.3, -0.25) is 14.0 Å². The molecule has 1 aliphatic heterocycles. The Labute approximate surface area is 187 Å². The smallest absolute Gasteiger partial charge is 0.271 e. The highest BCUT2D eigenvalue weighted by Crippen LogP contribution is 2.24. The van der Waals surface area contributed by atoms with Crippen LogP contribution in [0.2, 0.25) is 5.02 Å². The van der Waals surface area contributed by atoms with Crippen LogP contribution in [0.3, 0.4) is 0 Å². The maximum absolute atomic E-state index is 13.2. The lowest BCUT2D eigenvalue weighted by Gasteiger charge is -2.36. The molecular formula is C23H19ClN4O2S. The number of fused-ring (bicyclic) bond motifs is 1. The number of halogens is 1. The van der Waals surface area contributed by atoms with E-state index in [9.17, 15) is 9.59 Å². The standard InChI is InChI=1S/C23H19ClN4O2S/c24-17-7-4-8-18(13-17)26-9-11-27(12-10-26)21(29)19-14-25-23-28(22(19)30)20(15-31-23)16-5-2-1-3-6-16/h1-8,13-15H,9-12H2. The van der Waals surface area contributed by atoms with Crippen molar-refractivity contribution < 1.29 is 4.79 Å². The summed E-state index contributed by atoms with van der Waals surface area (Å²) in [5.41, 5.74) is 2.47. The Morgan fingerprint density at radius 1 is 1.00 bits per heavy atom. The molecular weight excluding hydrogens is 432 g/mol. The minimum absolute atomic E-state index is 0.101. The van der Waals surface area contributed by atoms with Gasteiger partial charge >= 0.3 is 0 Å². The Morgan fingerprint density at radius 3 is 2.52 bits per heavy atom. The Balaban J connectivity index is 1.41. The van der Waals surface area contributed by atoms with Gasteiger partial charge in [0.15, 0.2) is 4.96 Å². The van der Waals surface area contributed by atoms with E-state index >= 15 is 0 Å². The second-order valence-electron chi connectivity index (χ2n) is 7.34. The predicted octanol–water partition coefficient (Wildman–Crippen LogP) is 4.04. The van der Waals surface area contributed by atoms with Crippen LogP contribution in [-0.4, -0.2) is 46.4 Å². The number of carbonyl (C=O) groups excluding carboxylic acids is 1. The van der Waals surface area contributed by atoms with Crippen molar-refractivity contribution in [3.05, 3.63) is 87.1 Å². The van der Waals surface area contributed by atoms with Gasteiger partial charge in [-0.25, -0.2) is 4.98 Å². The normalized spacial score (nSPS) is 14.2. The van der Waals surface area contributed by atoms with E-state index < -0.39 is 0 Å². The van der Waals surface area contributed by atoms with Gasteiger partial charge in [-0.15, -0.1) is 11.3 Å². The van der Waals surface area contributed by atoms with Gasteiger partial charge in [0.05, 0.1) is 5.69 Å². The third-order valence-electron chi connectivity index (χ3n) is 5.49. The fraction of sp³-hybridized carbons (Fsp3) is 0.174. The average Bonchev–Trinajstić information content (AvgIpc) is 3.25. The summed E-state index contributed by atoms with van der Waals surface area (Å²) < 4.78 is 1.54. The predicted molar refractivity (Wildman–Crippen MR) is 124 cm³/mol.